The molecule has 7 heteroatoms. The third-order valence-electron chi connectivity index (χ3n) is 6.80. The third-order valence-corrected chi connectivity index (χ3v) is 6.80. The number of Topliss-reactive ketones (excluding diaryl/α,β-unsaturated/α-hetero) is 1. The van der Waals surface area contributed by atoms with E-state index < -0.39 is 23.8 Å². The monoisotopic (exact) mass is 486 g/mol. The van der Waals surface area contributed by atoms with Gasteiger partial charge in [-0.15, -0.1) is 0 Å². The smallest absolute Gasteiger partial charge is 0.255 e. The summed E-state index contributed by atoms with van der Waals surface area (Å²) in [5.74, 6) is -2.12. The molecule has 0 bridgehead atoms. The molecule has 0 radical (unpaired) electrons. The average molecular weight is 487 g/mol. The number of hydrogen-bond donors (Lipinski definition) is 1. The molecule has 2 aromatic heterocycles. The van der Waals surface area contributed by atoms with Crippen molar-refractivity contribution in [2.45, 2.75) is 17.9 Å². The van der Waals surface area contributed by atoms with Gasteiger partial charge in [-0.05, 0) is 35.9 Å². The molecule has 0 fully saturated rings. The van der Waals surface area contributed by atoms with E-state index in [9.17, 15) is 14.4 Å². The minimum absolute atomic E-state index is 0.183. The van der Waals surface area contributed by atoms with E-state index in [-0.39, 0.29) is 11.7 Å². The first-order valence-corrected chi connectivity index (χ1v) is 12.0. The molecule has 1 amide bonds. The van der Waals surface area contributed by atoms with Gasteiger partial charge in [-0.25, -0.2) is 4.98 Å². The fourth-order valence-electron chi connectivity index (χ4n) is 5.12. The lowest BCUT2D eigenvalue weighted by Crippen LogP contribution is -2.53. The van der Waals surface area contributed by atoms with Crippen LogP contribution in [0, 0.1) is 0 Å². The molecule has 3 atom stereocenters. The van der Waals surface area contributed by atoms with E-state index in [0.717, 1.165) is 0 Å². The highest BCUT2D eigenvalue weighted by Gasteiger charge is 2.49. The van der Waals surface area contributed by atoms with Gasteiger partial charge in [0.2, 0.25) is 0 Å². The van der Waals surface area contributed by atoms with Crippen molar-refractivity contribution in [2.75, 3.05) is 0 Å². The molecular formula is C30H22N4O3. The number of nitrogens with zero attached hydrogens (tertiary/aromatic N) is 3. The highest BCUT2D eigenvalue weighted by molar-refractivity contribution is 6.07. The Bertz CT molecular complexity index is 1610. The Morgan fingerprint density at radius 1 is 0.784 bits per heavy atom. The SMILES string of the molecule is O=C(N[C@@H]1C(=O)n2c(nc3ccccc32)[C@H](C(=O)c2ccccc2)[C@H]1c1cccnc1)c1ccccc1. The van der Waals surface area contributed by atoms with Gasteiger partial charge in [-0.2, -0.15) is 0 Å². The van der Waals surface area contributed by atoms with Crippen molar-refractivity contribution in [1.82, 2.24) is 19.9 Å². The molecule has 1 aliphatic rings. The second-order valence-corrected chi connectivity index (χ2v) is 8.97. The summed E-state index contributed by atoms with van der Waals surface area (Å²) >= 11 is 0. The molecule has 3 aromatic carbocycles. The van der Waals surface area contributed by atoms with E-state index >= 15 is 0 Å². The van der Waals surface area contributed by atoms with Crippen LogP contribution in [0.3, 0.4) is 0 Å². The van der Waals surface area contributed by atoms with Crippen LogP contribution in [0.5, 0.6) is 0 Å². The van der Waals surface area contributed by atoms with E-state index in [1.54, 1.807) is 73.1 Å². The number of nitrogens with one attached hydrogen (secondary N) is 1. The second-order valence-electron chi connectivity index (χ2n) is 8.97. The zero-order valence-corrected chi connectivity index (χ0v) is 19.7. The first-order chi connectivity index (χ1) is 18.1. The maximum Gasteiger partial charge on any atom is 0.255 e. The number of benzene rings is 3. The van der Waals surface area contributed by atoms with Crippen molar-refractivity contribution in [3.8, 4) is 0 Å². The van der Waals surface area contributed by atoms with Crippen LogP contribution in [0.15, 0.2) is 109 Å². The lowest BCUT2D eigenvalue weighted by Gasteiger charge is -2.37. The van der Waals surface area contributed by atoms with Crippen molar-refractivity contribution in [2.24, 2.45) is 0 Å². The summed E-state index contributed by atoms with van der Waals surface area (Å²) < 4.78 is 1.49. The van der Waals surface area contributed by atoms with E-state index in [1.165, 1.54) is 4.57 Å². The number of amides is 1. The fourth-order valence-corrected chi connectivity index (χ4v) is 5.12. The van der Waals surface area contributed by atoms with E-state index in [4.69, 9.17) is 4.98 Å². The zero-order chi connectivity index (χ0) is 25.4. The zero-order valence-electron chi connectivity index (χ0n) is 19.7. The number of carbonyl (C=O) groups excluding carboxylic acids is 3. The van der Waals surface area contributed by atoms with Gasteiger partial charge in [0.05, 0.1) is 17.0 Å². The van der Waals surface area contributed by atoms with Gasteiger partial charge in [0, 0.05) is 29.4 Å². The number of rotatable bonds is 5. The van der Waals surface area contributed by atoms with Gasteiger partial charge in [0.1, 0.15) is 11.9 Å². The second kappa shape index (κ2) is 9.28. The van der Waals surface area contributed by atoms with Crippen LogP contribution < -0.4 is 5.32 Å². The number of aromatic nitrogens is 3. The molecule has 1 N–H and O–H groups in total. The molecule has 7 nitrogen and oxygen atoms in total. The predicted octanol–water partition coefficient (Wildman–Crippen LogP) is 4.63. The molecule has 1 aliphatic heterocycles. The summed E-state index contributed by atoms with van der Waals surface area (Å²) in [6.45, 7) is 0. The topological polar surface area (TPSA) is 94.0 Å². The molecule has 0 saturated heterocycles. The standard InChI is InChI=1S/C30H22N4O3/c35-27(19-10-3-1-4-11-19)25-24(21-14-9-17-31-18-21)26(33-29(36)20-12-5-2-6-13-20)30(37)34-23-16-8-7-15-22(23)32-28(25)34/h1-18,24-26H,(H,33,36)/t24-,25+,26+/m1/s1. The summed E-state index contributed by atoms with van der Waals surface area (Å²) in [5, 5.41) is 2.95. The van der Waals surface area contributed by atoms with Gasteiger partial charge in [-0.3, -0.25) is 23.9 Å². The number of ketones is 1. The Labute approximate surface area is 212 Å². The third kappa shape index (κ3) is 3.90. The number of imidazole rings is 1. The fraction of sp³-hybridized carbons (Fsp3) is 0.100. The van der Waals surface area contributed by atoms with Gasteiger partial charge >= 0.3 is 0 Å². The summed E-state index contributed by atoms with van der Waals surface area (Å²) in [4.78, 5) is 50.6. The summed E-state index contributed by atoms with van der Waals surface area (Å²) in [6, 6.07) is 27.5. The summed E-state index contributed by atoms with van der Waals surface area (Å²) in [5.41, 5.74) is 2.80. The number of pyridine rings is 1. The van der Waals surface area contributed by atoms with Crippen LogP contribution in [-0.4, -0.2) is 38.2 Å². The highest BCUT2D eigenvalue weighted by Crippen LogP contribution is 2.43. The van der Waals surface area contributed by atoms with Crippen molar-refractivity contribution in [3.05, 3.63) is 132 Å². The molecule has 0 unspecified atom stereocenters. The quantitative estimate of drug-likeness (QED) is 0.366. The molecule has 3 heterocycles. The summed E-state index contributed by atoms with van der Waals surface area (Å²) in [6.07, 6.45) is 3.28. The lowest BCUT2D eigenvalue weighted by atomic mass is 9.74. The van der Waals surface area contributed by atoms with Crippen LogP contribution in [-0.2, 0) is 0 Å². The van der Waals surface area contributed by atoms with Crippen LogP contribution >= 0.6 is 0 Å². The number of carbonyl (C=O) groups is 3. The first-order valence-electron chi connectivity index (χ1n) is 12.0. The lowest BCUT2D eigenvalue weighted by molar-refractivity contribution is 0.0727. The largest absolute Gasteiger partial charge is 0.340 e. The van der Waals surface area contributed by atoms with Gasteiger partial charge < -0.3 is 5.32 Å². The number of fused-ring (bicyclic) bond motifs is 3. The molecule has 5 aromatic rings. The van der Waals surface area contributed by atoms with Crippen molar-refractivity contribution in [1.29, 1.82) is 0 Å². The van der Waals surface area contributed by atoms with Crippen LogP contribution in [0.1, 0.15) is 48.7 Å². The Morgan fingerprint density at radius 2 is 1.46 bits per heavy atom. The van der Waals surface area contributed by atoms with Crippen molar-refractivity contribution in [3.63, 3.8) is 0 Å². The van der Waals surface area contributed by atoms with Gasteiger partial charge in [0.25, 0.3) is 11.8 Å². The summed E-state index contributed by atoms with van der Waals surface area (Å²) in [7, 11) is 0. The van der Waals surface area contributed by atoms with E-state index in [0.29, 0.717) is 33.5 Å². The molecule has 37 heavy (non-hydrogen) atoms. The first kappa shape index (κ1) is 22.5. The van der Waals surface area contributed by atoms with Crippen LogP contribution in [0.2, 0.25) is 0 Å². The molecule has 0 spiro atoms. The average Bonchev–Trinajstić information content (AvgIpc) is 3.35. The van der Waals surface area contributed by atoms with Gasteiger partial charge in [-0.1, -0.05) is 66.7 Å². The van der Waals surface area contributed by atoms with Crippen LogP contribution in [0.25, 0.3) is 11.0 Å². The Hall–Kier alpha value is -4.91. The maximum atomic E-state index is 14.1. The number of para-hydroxylation sites is 2. The van der Waals surface area contributed by atoms with Crippen molar-refractivity contribution >= 4 is 28.6 Å². The Kier molecular flexibility index (Phi) is 5.65. The van der Waals surface area contributed by atoms with E-state index in [1.807, 2.05) is 36.4 Å². The highest BCUT2D eigenvalue weighted by atomic mass is 16.2. The molecule has 180 valence electrons. The molecule has 6 rings (SSSR count). The maximum absolute atomic E-state index is 14.1. The van der Waals surface area contributed by atoms with E-state index in [2.05, 4.69) is 10.3 Å². The number of hydrogen-bond acceptors (Lipinski definition) is 5. The molecule has 0 saturated carbocycles. The minimum atomic E-state index is -1.03. The Morgan fingerprint density at radius 3 is 2.16 bits per heavy atom. The minimum Gasteiger partial charge on any atom is -0.340 e. The molecular weight excluding hydrogens is 464 g/mol. The predicted molar refractivity (Wildman–Crippen MR) is 139 cm³/mol. The Balaban J connectivity index is 1.57. The van der Waals surface area contributed by atoms with Crippen molar-refractivity contribution < 1.29 is 14.4 Å². The molecule has 0 aliphatic carbocycles. The van der Waals surface area contributed by atoms with Crippen LogP contribution in [0.4, 0.5) is 0 Å². The normalized spacial score (nSPS) is 18.8. The van der Waals surface area contributed by atoms with Gasteiger partial charge in [0.15, 0.2) is 5.78 Å².